The molecule has 0 fully saturated rings. The van der Waals surface area contributed by atoms with Gasteiger partial charge in [-0.1, -0.05) is 24.3 Å². The zero-order valence-electron chi connectivity index (χ0n) is 10.2. The summed E-state index contributed by atoms with van der Waals surface area (Å²) in [5.74, 6) is 0. The van der Waals surface area contributed by atoms with Crippen molar-refractivity contribution < 1.29 is 0 Å². The van der Waals surface area contributed by atoms with Crippen LogP contribution in [0.4, 0.5) is 0 Å². The predicted molar refractivity (Wildman–Crippen MR) is 73.7 cm³/mol. The molecule has 3 rings (SSSR count). The lowest BCUT2D eigenvalue weighted by Crippen LogP contribution is -1.99. The van der Waals surface area contributed by atoms with Crippen molar-refractivity contribution >= 4 is 0 Å². The first-order valence-corrected chi connectivity index (χ1v) is 6.01. The Balaban J connectivity index is 2.19. The van der Waals surface area contributed by atoms with E-state index in [4.69, 9.17) is 0 Å². The quantitative estimate of drug-likeness (QED) is 0.658. The second-order valence-corrected chi connectivity index (χ2v) is 4.25. The molecule has 1 aromatic carbocycles. The normalized spacial score (nSPS) is 10.5. The smallest absolute Gasteiger partial charge is 0.0870 e. The van der Waals surface area contributed by atoms with Crippen LogP contribution < -0.4 is 0 Å². The second-order valence-electron chi connectivity index (χ2n) is 4.25. The van der Waals surface area contributed by atoms with Crippen LogP contribution in [-0.4, -0.2) is 9.55 Å². The largest absolute Gasteiger partial charge is 0.312 e. The molecule has 18 heavy (non-hydrogen) atoms. The minimum Gasteiger partial charge on any atom is -0.312 e. The van der Waals surface area contributed by atoms with Crippen LogP contribution in [0.25, 0.3) is 17.1 Å². The van der Waals surface area contributed by atoms with E-state index in [1.165, 1.54) is 11.4 Å². The van der Waals surface area contributed by atoms with Crippen molar-refractivity contribution in [1.29, 1.82) is 0 Å². The number of rotatable bonds is 2. The van der Waals surface area contributed by atoms with Crippen molar-refractivity contribution in [2.75, 3.05) is 0 Å². The summed E-state index contributed by atoms with van der Waals surface area (Å²) in [5, 5.41) is 0. The number of benzene rings is 1. The third kappa shape index (κ3) is 1.82. The fraction of sp³-hybridized carbons (Fsp3) is 0.0625. The molecular weight excluding hydrogens is 220 g/mol. The molecule has 0 spiro atoms. The number of pyridine rings is 1. The van der Waals surface area contributed by atoms with Gasteiger partial charge in [-0.05, 0) is 43.3 Å². The molecule has 0 aliphatic heterocycles. The van der Waals surface area contributed by atoms with E-state index in [9.17, 15) is 0 Å². The Morgan fingerprint density at radius 2 is 1.61 bits per heavy atom. The van der Waals surface area contributed by atoms with Crippen LogP contribution in [0.3, 0.4) is 0 Å². The number of hydrogen-bond acceptors (Lipinski definition) is 1. The van der Waals surface area contributed by atoms with Crippen LogP contribution in [0, 0.1) is 6.92 Å². The Kier molecular flexibility index (Phi) is 2.69. The summed E-state index contributed by atoms with van der Waals surface area (Å²) in [5.41, 5.74) is 4.50. The molecule has 3 aromatic rings. The van der Waals surface area contributed by atoms with E-state index in [0.717, 1.165) is 11.4 Å². The van der Waals surface area contributed by atoms with Crippen LogP contribution in [0.1, 0.15) is 5.69 Å². The SMILES string of the molecule is Cc1ccc(-c2ccccn2)n1-c1ccccc1. The van der Waals surface area contributed by atoms with Crippen LogP contribution >= 0.6 is 0 Å². The molecule has 0 unspecified atom stereocenters. The van der Waals surface area contributed by atoms with E-state index >= 15 is 0 Å². The van der Waals surface area contributed by atoms with Gasteiger partial charge in [0.15, 0.2) is 0 Å². The fourth-order valence-electron chi connectivity index (χ4n) is 2.17. The third-order valence-corrected chi connectivity index (χ3v) is 3.02. The van der Waals surface area contributed by atoms with Gasteiger partial charge in [-0.25, -0.2) is 0 Å². The topological polar surface area (TPSA) is 17.8 Å². The average Bonchev–Trinajstić information content (AvgIpc) is 2.83. The van der Waals surface area contributed by atoms with Crippen molar-refractivity contribution in [3.63, 3.8) is 0 Å². The minimum atomic E-state index is 0.995. The zero-order valence-corrected chi connectivity index (χ0v) is 10.2. The summed E-state index contributed by atoms with van der Waals surface area (Å²) >= 11 is 0. The average molecular weight is 234 g/mol. The van der Waals surface area contributed by atoms with Crippen LogP contribution in [0.15, 0.2) is 66.9 Å². The summed E-state index contributed by atoms with van der Waals surface area (Å²) in [6.07, 6.45) is 1.83. The number of para-hydroxylation sites is 1. The maximum absolute atomic E-state index is 4.43. The van der Waals surface area contributed by atoms with E-state index in [1.54, 1.807) is 0 Å². The number of aromatic nitrogens is 2. The lowest BCUT2D eigenvalue weighted by Gasteiger charge is -2.11. The van der Waals surface area contributed by atoms with Crippen LogP contribution in [0.2, 0.25) is 0 Å². The summed E-state index contributed by atoms with van der Waals surface area (Å²) in [6.45, 7) is 2.11. The fourth-order valence-corrected chi connectivity index (χ4v) is 2.17. The highest BCUT2D eigenvalue weighted by molar-refractivity contribution is 5.60. The van der Waals surface area contributed by atoms with Gasteiger partial charge in [0.2, 0.25) is 0 Å². The first-order chi connectivity index (χ1) is 8.86. The third-order valence-electron chi connectivity index (χ3n) is 3.02. The number of aryl methyl sites for hydroxylation is 1. The van der Waals surface area contributed by atoms with Gasteiger partial charge >= 0.3 is 0 Å². The molecule has 2 aromatic heterocycles. The number of nitrogens with zero attached hydrogens (tertiary/aromatic N) is 2. The van der Waals surface area contributed by atoms with Gasteiger partial charge in [0.1, 0.15) is 0 Å². The van der Waals surface area contributed by atoms with Crippen LogP contribution in [-0.2, 0) is 0 Å². The van der Waals surface area contributed by atoms with Crippen molar-refractivity contribution in [3.05, 3.63) is 72.6 Å². The first kappa shape index (κ1) is 10.8. The summed E-state index contributed by atoms with van der Waals surface area (Å²) in [4.78, 5) is 4.43. The van der Waals surface area contributed by atoms with E-state index in [0.29, 0.717) is 0 Å². The molecule has 0 aliphatic rings. The highest BCUT2D eigenvalue weighted by Crippen LogP contribution is 2.24. The standard InChI is InChI=1S/C16H14N2/c1-13-10-11-16(15-9-5-6-12-17-15)18(13)14-7-3-2-4-8-14/h2-12H,1H3. The van der Waals surface area contributed by atoms with Crippen molar-refractivity contribution in [2.45, 2.75) is 6.92 Å². The van der Waals surface area contributed by atoms with Crippen LogP contribution in [0.5, 0.6) is 0 Å². The molecule has 88 valence electrons. The van der Waals surface area contributed by atoms with E-state index in [-0.39, 0.29) is 0 Å². The van der Waals surface area contributed by atoms with E-state index < -0.39 is 0 Å². The summed E-state index contributed by atoms with van der Waals surface area (Å²) < 4.78 is 2.22. The lowest BCUT2D eigenvalue weighted by atomic mass is 10.2. The highest BCUT2D eigenvalue weighted by Gasteiger charge is 2.09. The molecule has 0 aliphatic carbocycles. The zero-order chi connectivity index (χ0) is 12.4. The maximum Gasteiger partial charge on any atom is 0.0870 e. The predicted octanol–water partition coefficient (Wildman–Crippen LogP) is 3.85. The van der Waals surface area contributed by atoms with Crippen molar-refractivity contribution in [3.8, 4) is 17.1 Å². The minimum absolute atomic E-state index is 0.995. The Bertz CT molecular complexity index is 639. The Morgan fingerprint density at radius 3 is 2.33 bits per heavy atom. The van der Waals surface area contributed by atoms with Gasteiger partial charge in [0.25, 0.3) is 0 Å². The van der Waals surface area contributed by atoms with E-state index in [2.05, 4.69) is 52.9 Å². The monoisotopic (exact) mass is 234 g/mol. The molecule has 0 amide bonds. The van der Waals surface area contributed by atoms with Crippen molar-refractivity contribution in [1.82, 2.24) is 9.55 Å². The van der Waals surface area contributed by atoms with Gasteiger partial charge in [-0.2, -0.15) is 0 Å². The molecule has 2 heteroatoms. The maximum atomic E-state index is 4.43. The summed E-state index contributed by atoms with van der Waals surface area (Å²) in [7, 11) is 0. The molecule has 2 heterocycles. The van der Waals surface area contributed by atoms with Gasteiger partial charge in [-0.3, -0.25) is 4.98 Å². The molecular formula is C16H14N2. The molecule has 0 bridgehead atoms. The van der Waals surface area contributed by atoms with Gasteiger partial charge in [0.05, 0.1) is 11.4 Å². The molecule has 0 saturated carbocycles. The van der Waals surface area contributed by atoms with Gasteiger partial charge < -0.3 is 4.57 Å². The molecule has 0 saturated heterocycles. The van der Waals surface area contributed by atoms with Gasteiger partial charge in [0, 0.05) is 17.6 Å². The summed E-state index contributed by atoms with van der Waals surface area (Å²) in [6, 6.07) is 20.6. The van der Waals surface area contributed by atoms with Gasteiger partial charge in [-0.15, -0.1) is 0 Å². The second kappa shape index (κ2) is 4.49. The van der Waals surface area contributed by atoms with Crippen molar-refractivity contribution in [2.24, 2.45) is 0 Å². The molecule has 0 N–H and O–H groups in total. The van der Waals surface area contributed by atoms with E-state index in [1.807, 2.05) is 30.5 Å². The molecule has 0 radical (unpaired) electrons. The lowest BCUT2D eigenvalue weighted by molar-refractivity contribution is 1.01. The Morgan fingerprint density at radius 1 is 0.833 bits per heavy atom. The molecule has 0 atom stereocenters. The number of hydrogen-bond donors (Lipinski definition) is 0. The Labute approximate surface area is 107 Å². The highest BCUT2D eigenvalue weighted by atomic mass is 15.0. The first-order valence-electron chi connectivity index (χ1n) is 6.01. The molecule has 2 nitrogen and oxygen atoms in total. The Hall–Kier alpha value is -2.35.